The maximum absolute atomic E-state index is 12.2. The second-order valence-electron chi connectivity index (χ2n) is 3.94. The Bertz CT molecular complexity index is 411. The molecule has 0 aliphatic rings. The molecule has 0 bridgehead atoms. The predicted octanol–water partition coefficient (Wildman–Crippen LogP) is 2.60. The van der Waals surface area contributed by atoms with Crippen LogP contribution in [0.5, 0.6) is 0 Å². The Morgan fingerprint density at radius 3 is 2.56 bits per heavy atom. The maximum Gasteiger partial charge on any atom is 0.413 e. The molecule has 0 radical (unpaired) electrons. The molecular weight excluding hydrogens is 235 g/mol. The number of nitrogens with one attached hydrogen (secondary N) is 1. The number of halogens is 1. The van der Waals surface area contributed by atoms with E-state index in [1.807, 2.05) is 0 Å². The van der Waals surface area contributed by atoms with E-state index in [1.165, 1.54) is 5.38 Å². The SMILES string of the molecule is CC(C)(C)OC(=O)Nc1nc(C(=O)F)cs1. The zero-order chi connectivity index (χ0) is 12.3. The monoisotopic (exact) mass is 246 g/mol. The van der Waals surface area contributed by atoms with Crippen molar-refractivity contribution in [1.29, 1.82) is 0 Å². The molecule has 5 nitrogen and oxygen atoms in total. The molecule has 1 heterocycles. The third kappa shape index (κ3) is 3.93. The van der Waals surface area contributed by atoms with Crippen LogP contribution in [-0.2, 0) is 4.74 Å². The summed E-state index contributed by atoms with van der Waals surface area (Å²) in [6, 6.07) is -1.63. The van der Waals surface area contributed by atoms with Crippen molar-refractivity contribution in [3.05, 3.63) is 11.1 Å². The highest BCUT2D eigenvalue weighted by atomic mass is 32.1. The van der Waals surface area contributed by atoms with Gasteiger partial charge in [0.15, 0.2) is 10.8 Å². The Kier molecular flexibility index (Phi) is 3.58. The number of aromatic nitrogens is 1. The largest absolute Gasteiger partial charge is 0.444 e. The summed E-state index contributed by atoms with van der Waals surface area (Å²) in [6.07, 6.45) is -0.695. The van der Waals surface area contributed by atoms with Crippen molar-refractivity contribution in [3.8, 4) is 0 Å². The summed E-state index contributed by atoms with van der Waals surface area (Å²) in [5.74, 6) is 0. The van der Waals surface area contributed by atoms with Gasteiger partial charge >= 0.3 is 12.1 Å². The van der Waals surface area contributed by atoms with Crippen molar-refractivity contribution < 1.29 is 18.7 Å². The van der Waals surface area contributed by atoms with Crippen LogP contribution in [0.15, 0.2) is 5.38 Å². The summed E-state index contributed by atoms with van der Waals surface area (Å²) in [4.78, 5) is 25.1. The molecule has 1 aromatic heterocycles. The number of amides is 1. The van der Waals surface area contributed by atoms with E-state index in [-0.39, 0.29) is 10.8 Å². The van der Waals surface area contributed by atoms with Crippen LogP contribution in [0, 0.1) is 0 Å². The molecule has 0 aliphatic heterocycles. The number of carbonyl (C=O) groups is 2. The average Bonchev–Trinajstić information content (AvgIpc) is 2.48. The summed E-state index contributed by atoms with van der Waals surface area (Å²) < 4.78 is 17.2. The van der Waals surface area contributed by atoms with Crippen molar-refractivity contribution >= 4 is 28.6 Å². The van der Waals surface area contributed by atoms with Gasteiger partial charge in [0.25, 0.3) is 0 Å². The lowest BCUT2D eigenvalue weighted by atomic mass is 10.2. The molecular formula is C9H11FN2O3S. The van der Waals surface area contributed by atoms with Gasteiger partial charge in [-0.15, -0.1) is 11.3 Å². The number of nitrogens with zero attached hydrogens (tertiary/aromatic N) is 1. The standard InChI is InChI=1S/C9H11FN2O3S/c1-9(2,3)15-8(14)12-7-11-5(4-16-7)6(10)13/h4H,1-3H3,(H,11,12,14). The highest BCUT2D eigenvalue weighted by Crippen LogP contribution is 2.17. The Labute approximate surface area is 95.6 Å². The zero-order valence-electron chi connectivity index (χ0n) is 9.04. The van der Waals surface area contributed by atoms with Gasteiger partial charge in [-0.2, -0.15) is 4.39 Å². The lowest BCUT2D eigenvalue weighted by Crippen LogP contribution is -2.27. The van der Waals surface area contributed by atoms with E-state index in [4.69, 9.17) is 4.74 Å². The van der Waals surface area contributed by atoms with E-state index in [1.54, 1.807) is 20.8 Å². The molecule has 1 N–H and O–H groups in total. The van der Waals surface area contributed by atoms with Crippen LogP contribution in [-0.4, -0.2) is 22.7 Å². The molecule has 16 heavy (non-hydrogen) atoms. The fourth-order valence-electron chi connectivity index (χ4n) is 0.812. The summed E-state index contributed by atoms with van der Waals surface area (Å²) in [5, 5.41) is 3.64. The summed E-state index contributed by atoms with van der Waals surface area (Å²) in [5.41, 5.74) is -0.948. The summed E-state index contributed by atoms with van der Waals surface area (Å²) in [6.45, 7) is 5.14. The lowest BCUT2D eigenvalue weighted by molar-refractivity contribution is 0.0635. The third-order valence-corrected chi connectivity index (χ3v) is 2.07. The highest BCUT2D eigenvalue weighted by molar-refractivity contribution is 7.14. The van der Waals surface area contributed by atoms with Gasteiger partial charge in [0.1, 0.15) is 5.60 Å². The van der Waals surface area contributed by atoms with Crippen molar-refractivity contribution in [1.82, 2.24) is 4.98 Å². The van der Waals surface area contributed by atoms with Crippen LogP contribution in [0.2, 0.25) is 0 Å². The van der Waals surface area contributed by atoms with Gasteiger partial charge < -0.3 is 4.74 Å². The first-order chi connectivity index (χ1) is 7.28. The smallest absolute Gasteiger partial charge is 0.413 e. The molecule has 0 unspecified atom stereocenters. The first-order valence-corrected chi connectivity index (χ1v) is 5.31. The first-order valence-electron chi connectivity index (χ1n) is 4.43. The van der Waals surface area contributed by atoms with Gasteiger partial charge in [0.2, 0.25) is 0 Å². The van der Waals surface area contributed by atoms with Gasteiger partial charge in [0.05, 0.1) is 0 Å². The second-order valence-corrected chi connectivity index (χ2v) is 4.80. The molecule has 7 heteroatoms. The van der Waals surface area contributed by atoms with Gasteiger partial charge in [-0.25, -0.2) is 9.78 Å². The van der Waals surface area contributed by atoms with E-state index < -0.39 is 17.7 Å². The van der Waals surface area contributed by atoms with Crippen LogP contribution >= 0.6 is 11.3 Å². The molecule has 0 aromatic carbocycles. The van der Waals surface area contributed by atoms with Crippen molar-refractivity contribution in [3.63, 3.8) is 0 Å². The Morgan fingerprint density at radius 2 is 2.12 bits per heavy atom. The van der Waals surface area contributed by atoms with Crippen LogP contribution < -0.4 is 5.32 Å². The molecule has 1 rings (SSSR count). The van der Waals surface area contributed by atoms with Crippen LogP contribution in [0.1, 0.15) is 31.3 Å². The number of anilines is 1. The Morgan fingerprint density at radius 1 is 1.50 bits per heavy atom. The van der Waals surface area contributed by atoms with E-state index in [9.17, 15) is 14.0 Å². The number of ether oxygens (including phenoxy) is 1. The summed E-state index contributed by atoms with van der Waals surface area (Å²) in [7, 11) is 0. The molecule has 0 fully saturated rings. The number of rotatable bonds is 2. The normalized spacial score (nSPS) is 11.0. The van der Waals surface area contributed by atoms with E-state index in [2.05, 4.69) is 10.3 Å². The van der Waals surface area contributed by atoms with E-state index >= 15 is 0 Å². The minimum absolute atomic E-state index is 0.121. The second kappa shape index (κ2) is 4.56. The topological polar surface area (TPSA) is 68.3 Å². The number of carbonyl (C=O) groups excluding carboxylic acids is 2. The zero-order valence-corrected chi connectivity index (χ0v) is 9.85. The third-order valence-electron chi connectivity index (χ3n) is 1.31. The molecule has 0 saturated carbocycles. The van der Waals surface area contributed by atoms with E-state index in [0.29, 0.717) is 0 Å². The van der Waals surface area contributed by atoms with Crippen molar-refractivity contribution in [2.75, 3.05) is 5.32 Å². The molecule has 1 amide bonds. The Balaban J connectivity index is 2.60. The van der Waals surface area contributed by atoms with Gasteiger partial charge in [-0.05, 0) is 20.8 Å². The first kappa shape index (κ1) is 12.6. The number of hydrogen-bond donors (Lipinski definition) is 1. The van der Waals surface area contributed by atoms with Crippen LogP contribution in [0.25, 0.3) is 0 Å². The van der Waals surface area contributed by atoms with Gasteiger partial charge in [-0.3, -0.25) is 10.1 Å². The minimum Gasteiger partial charge on any atom is -0.444 e. The average molecular weight is 246 g/mol. The summed E-state index contributed by atoms with van der Waals surface area (Å²) >= 11 is 0.948. The number of hydrogen-bond acceptors (Lipinski definition) is 5. The van der Waals surface area contributed by atoms with Crippen molar-refractivity contribution in [2.45, 2.75) is 26.4 Å². The van der Waals surface area contributed by atoms with Gasteiger partial charge in [0, 0.05) is 5.38 Å². The minimum atomic E-state index is -1.63. The molecule has 0 atom stereocenters. The van der Waals surface area contributed by atoms with Crippen molar-refractivity contribution in [2.24, 2.45) is 0 Å². The molecule has 88 valence electrons. The predicted molar refractivity (Wildman–Crippen MR) is 57.4 cm³/mol. The van der Waals surface area contributed by atoms with Gasteiger partial charge in [-0.1, -0.05) is 0 Å². The van der Waals surface area contributed by atoms with E-state index in [0.717, 1.165) is 11.3 Å². The molecule has 1 aromatic rings. The maximum atomic E-state index is 12.2. The highest BCUT2D eigenvalue weighted by Gasteiger charge is 2.18. The fourth-order valence-corrected chi connectivity index (χ4v) is 1.47. The molecule has 0 saturated heterocycles. The van der Waals surface area contributed by atoms with Crippen LogP contribution in [0.4, 0.5) is 14.3 Å². The lowest BCUT2D eigenvalue weighted by Gasteiger charge is -2.18. The fraction of sp³-hybridized carbons (Fsp3) is 0.444. The van der Waals surface area contributed by atoms with Crippen LogP contribution in [0.3, 0.4) is 0 Å². The molecule has 0 aliphatic carbocycles. The molecule has 0 spiro atoms. The number of thiazole rings is 1. The Hall–Kier alpha value is -1.50. The quantitative estimate of drug-likeness (QED) is 0.814.